The molecule has 1 amide bonds. The predicted molar refractivity (Wildman–Crippen MR) is 350 cm³/mol. The molecule has 0 bridgehead atoms. The van der Waals surface area contributed by atoms with E-state index in [1.807, 2.05) is 6.08 Å². The van der Waals surface area contributed by atoms with E-state index in [4.69, 9.17) is 18.9 Å². The van der Waals surface area contributed by atoms with Crippen LogP contribution in [0.15, 0.2) is 72.9 Å². The summed E-state index contributed by atoms with van der Waals surface area (Å²) in [4.78, 5) is 13.3. The van der Waals surface area contributed by atoms with Crippen LogP contribution in [0.4, 0.5) is 0 Å². The monoisotopic (exact) mass is 1220 g/mol. The average molecular weight is 1220 g/mol. The van der Waals surface area contributed by atoms with E-state index in [0.29, 0.717) is 6.42 Å². The minimum atomic E-state index is -1.79. The second-order valence-electron chi connectivity index (χ2n) is 24.6. The fraction of sp³-hybridized carbons (Fsp3) is 0.819. The number of nitrogens with one attached hydrogen (secondary N) is 1. The van der Waals surface area contributed by atoms with E-state index in [-0.39, 0.29) is 18.9 Å². The van der Waals surface area contributed by atoms with Gasteiger partial charge in [0.2, 0.25) is 5.91 Å². The normalized spacial score (nSPS) is 23.8. The summed E-state index contributed by atoms with van der Waals surface area (Å²) in [5.74, 6) is -0.238. The van der Waals surface area contributed by atoms with Crippen molar-refractivity contribution in [3.8, 4) is 0 Å². The number of allylic oxidation sites excluding steroid dienone is 11. The third-order valence-electron chi connectivity index (χ3n) is 16.9. The molecule has 0 saturated carbocycles. The average Bonchev–Trinajstić information content (AvgIpc) is 2.54. The molecule has 0 aromatic rings. The molecule has 2 aliphatic rings. The van der Waals surface area contributed by atoms with Gasteiger partial charge in [-0.25, -0.2) is 0 Å². The maximum atomic E-state index is 13.3. The van der Waals surface area contributed by atoms with Crippen molar-refractivity contribution >= 4 is 5.91 Å². The van der Waals surface area contributed by atoms with Crippen molar-refractivity contribution in [2.45, 2.75) is 357 Å². The number of unbranched alkanes of at least 4 members (excludes halogenated alkanes) is 34. The van der Waals surface area contributed by atoms with Gasteiger partial charge in [-0.05, 0) is 64.2 Å². The molecule has 2 fully saturated rings. The fourth-order valence-corrected chi connectivity index (χ4v) is 11.3. The number of aliphatic hydroxyl groups excluding tert-OH is 8. The Bertz CT molecular complexity index is 1720. The molecule has 0 spiro atoms. The molecule has 2 saturated heterocycles. The zero-order valence-electron chi connectivity index (χ0n) is 54.3. The van der Waals surface area contributed by atoms with Crippen LogP contribution in [0.5, 0.6) is 0 Å². The summed E-state index contributed by atoms with van der Waals surface area (Å²) in [6.07, 6.45) is 59.5. The minimum Gasteiger partial charge on any atom is -0.394 e. The van der Waals surface area contributed by atoms with Gasteiger partial charge < -0.3 is 65.1 Å². The summed E-state index contributed by atoms with van der Waals surface area (Å²) in [6.45, 7) is 2.72. The molecule has 86 heavy (non-hydrogen) atoms. The number of carbonyl (C=O) groups is 1. The van der Waals surface area contributed by atoms with Crippen molar-refractivity contribution in [2.24, 2.45) is 0 Å². The van der Waals surface area contributed by atoms with Gasteiger partial charge in [-0.3, -0.25) is 4.79 Å². The summed E-state index contributed by atoms with van der Waals surface area (Å²) in [5, 5.41) is 87.4. The molecule has 2 aliphatic heterocycles. The quantitative estimate of drug-likeness (QED) is 0.0204. The van der Waals surface area contributed by atoms with E-state index >= 15 is 0 Å². The third kappa shape index (κ3) is 40.2. The SMILES string of the molecule is CC/C=C\C/C=C\C/C=C\C/C=C\C/C=C\CCCCCCCCCCCCCCCCCC(=O)NC(COC1OC(CO)C(OC2OC(CO)C(O)C(O)C2O)C(O)C1O)C(O)/C=C/CCCCCCCCCCCCCCCCCCCCC. The summed E-state index contributed by atoms with van der Waals surface area (Å²) in [7, 11) is 0. The number of rotatable bonds is 57. The lowest BCUT2D eigenvalue weighted by atomic mass is 9.97. The third-order valence-corrected chi connectivity index (χ3v) is 16.9. The van der Waals surface area contributed by atoms with E-state index in [2.05, 4.69) is 79.9 Å². The number of ether oxygens (including phenoxy) is 4. The Morgan fingerprint density at radius 3 is 1.23 bits per heavy atom. The van der Waals surface area contributed by atoms with Gasteiger partial charge in [0, 0.05) is 6.42 Å². The van der Waals surface area contributed by atoms with Crippen molar-refractivity contribution in [2.75, 3.05) is 19.8 Å². The lowest BCUT2D eigenvalue weighted by molar-refractivity contribution is -0.359. The lowest BCUT2D eigenvalue weighted by Gasteiger charge is -2.46. The number of hydrogen-bond acceptors (Lipinski definition) is 13. The molecule has 12 unspecified atom stereocenters. The molecule has 0 aliphatic carbocycles. The van der Waals surface area contributed by atoms with Crippen LogP contribution in [0.3, 0.4) is 0 Å². The zero-order chi connectivity index (χ0) is 62.3. The molecular weight excluding hydrogens is 1090 g/mol. The standard InChI is InChI=1S/C72H129NO13/c1-3-5-7-9-11-13-15-17-19-21-23-25-26-27-28-29-30-31-32-33-34-36-38-40-42-44-46-48-50-52-54-56-64(77)73-60(61(76)55-53-51-49-47-45-43-41-39-37-35-24-22-20-18-16-14-12-10-8-6-4-2)59-83-71-69(82)67(80)70(63(58-75)85-71)86-72-68(81)66(79)65(78)62(57-74)84-72/h5,7,11,13,17,19,23,25,27-28,53,55,60-63,65-72,74-76,78-82H,3-4,6,8-10,12,14-16,18,20-22,24,26,29-52,54,56-59H2,1-2H3,(H,73,77)/b7-5-,13-11-,19-17-,25-23-,28-27-,55-53+. The van der Waals surface area contributed by atoms with Crippen molar-refractivity contribution in [3.63, 3.8) is 0 Å². The number of carbonyl (C=O) groups excluding carboxylic acids is 1. The smallest absolute Gasteiger partial charge is 0.220 e. The molecule has 14 nitrogen and oxygen atoms in total. The van der Waals surface area contributed by atoms with Crippen LogP contribution < -0.4 is 5.32 Å². The Labute approximate surface area is 523 Å². The molecule has 9 N–H and O–H groups in total. The van der Waals surface area contributed by atoms with Gasteiger partial charge in [-0.15, -0.1) is 0 Å². The van der Waals surface area contributed by atoms with E-state index in [0.717, 1.165) is 70.6 Å². The maximum Gasteiger partial charge on any atom is 0.220 e. The Hall–Kier alpha value is -2.57. The molecule has 500 valence electrons. The first-order valence-corrected chi connectivity index (χ1v) is 35.2. The van der Waals surface area contributed by atoms with Crippen LogP contribution >= 0.6 is 0 Å². The number of aliphatic hydroxyl groups is 8. The predicted octanol–water partition coefficient (Wildman–Crippen LogP) is 14.2. The first kappa shape index (κ1) is 79.5. The minimum absolute atomic E-state index is 0.238. The Balaban J connectivity index is 1.67. The van der Waals surface area contributed by atoms with Gasteiger partial charge in [0.1, 0.15) is 48.8 Å². The number of amides is 1. The highest BCUT2D eigenvalue weighted by Crippen LogP contribution is 2.30. The highest BCUT2D eigenvalue weighted by molar-refractivity contribution is 5.76. The highest BCUT2D eigenvalue weighted by atomic mass is 16.7. The summed E-state index contributed by atoms with van der Waals surface area (Å²) in [6, 6.07) is -0.918. The van der Waals surface area contributed by atoms with Gasteiger partial charge in [-0.2, -0.15) is 0 Å². The van der Waals surface area contributed by atoms with E-state index in [9.17, 15) is 45.6 Å². The first-order chi connectivity index (χ1) is 42.1. The van der Waals surface area contributed by atoms with Crippen LogP contribution in [-0.4, -0.2) is 140 Å². The topological polar surface area (TPSA) is 228 Å². The molecule has 0 radical (unpaired) electrons. The van der Waals surface area contributed by atoms with Crippen molar-refractivity contribution < 1.29 is 64.6 Å². The summed E-state index contributed by atoms with van der Waals surface area (Å²) in [5.41, 5.74) is 0. The second kappa shape index (κ2) is 56.4. The Morgan fingerprint density at radius 1 is 0.430 bits per heavy atom. The summed E-state index contributed by atoms with van der Waals surface area (Å²) < 4.78 is 22.9. The van der Waals surface area contributed by atoms with Crippen LogP contribution in [0.25, 0.3) is 0 Å². The lowest BCUT2D eigenvalue weighted by Crippen LogP contribution is -2.65. The molecule has 0 aromatic carbocycles. The van der Waals surface area contributed by atoms with Gasteiger partial charge >= 0.3 is 0 Å². The zero-order valence-corrected chi connectivity index (χ0v) is 54.3. The Morgan fingerprint density at radius 2 is 0.802 bits per heavy atom. The van der Waals surface area contributed by atoms with Crippen LogP contribution in [0.1, 0.15) is 284 Å². The molecule has 14 heteroatoms. The van der Waals surface area contributed by atoms with Gasteiger partial charge in [0.15, 0.2) is 12.6 Å². The molecule has 2 rings (SSSR count). The fourth-order valence-electron chi connectivity index (χ4n) is 11.3. The largest absolute Gasteiger partial charge is 0.394 e. The molecular formula is C72H129NO13. The summed E-state index contributed by atoms with van der Waals surface area (Å²) >= 11 is 0. The maximum absolute atomic E-state index is 13.3. The number of hydrogen-bond donors (Lipinski definition) is 9. The van der Waals surface area contributed by atoms with Crippen molar-refractivity contribution in [3.05, 3.63) is 72.9 Å². The first-order valence-electron chi connectivity index (χ1n) is 35.2. The van der Waals surface area contributed by atoms with Gasteiger partial charge in [0.25, 0.3) is 0 Å². The highest BCUT2D eigenvalue weighted by Gasteiger charge is 2.51. The van der Waals surface area contributed by atoms with Gasteiger partial charge in [-0.1, -0.05) is 286 Å². The molecule has 0 aromatic heterocycles. The van der Waals surface area contributed by atoms with Crippen LogP contribution in [0.2, 0.25) is 0 Å². The van der Waals surface area contributed by atoms with Crippen LogP contribution in [-0.2, 0) is 23.7 Å². The van der Waals surface area contributed by atoms with Crippen molar-refractivity contribution in [1.29, 1.82) is 0 Å². The van der Waals surface area contributed by atoms with Crippen LogP contribution in [0, 0.1) is 0 Å². The molecule has 12 atom stereocenters. The Kier molecular flexibility index (Phi) is 52.2. The van der Waals surface area contributed by atoms with Gasteiger partial charge in [0.05, 0.1) is 32.0 Å². The van der Waals surface area contributed by atoms with E-state index in [1.165, 1.54) is 186 Å². The van der Waals surface area contributed by atoms with E-state index in [1.54, 1.807) is 6.08 Å². The van der Waals surface area contributed by atoms with E-state index < -0.39 is 86.8 Å². The second-order valence-corrected chi connectivity index (χ2v) is 24.6. The molecule has 2 heterocycles. The van der Waals surface area contributed by atoms with Crippen molar-refractivity contribution in [1.82, 2.24) is 5.32 Å².